The van der Waals surface area contributed by atoms with E-state index in [0.717, 1.165) is 17.8 Å². The molecule has 1 heterocycles. The molecule has 12 heteroatoms. The van der Waals surface area contributed by atoms with Gasteiger partial charge in [-0.2, -0.15) is 13.4 Å². The van der Waals surface area contributed by atoms with Gasteiger partial charge in [0.1, 0.15) is 4.90 Å². The second kappa shape index (κ2) is 7.93. The van der Waals surface area contributed by atoms with Crippen LogP contribution in [-0.4, -0.2) is 31.5 Å². The zero-order chi connectivity index (χ0) is 21.2. The number of nitrogens with two attached hydrogens (primary N) is 1. The van der Waals surface area contributed by atoms with Crippen molar-refractivity contribution in [2.45, 2.75) is 4.90 Å². The lowest BCUT2D eigenvalue weighted by Crippen LogP contribution is -2.10. The summed E-state index contributed by atoms with van der Waals surface area (Å²) in [7, 11) is -3.03. The number of hydrogen-bond donors (Lipinski definition) is 1. The Morgan fingerprint density at radius 3 is 2.59 bits per heavy atom. The average molecular weight is 435 g/mol. The number of non-ortho nitro benzene ring substituents is 1. The Hall–Kier alpha value is -3.38. The number of nitro groups is 1. The molecule has 2 N–H and O–H groups in total. The summed E-state index contributed by atoms with van der Waals surface area (Å²) in [5, 5.41) is 11.0. The highest BCUT2D eigenvalue weighted by atomic mass is 32.2. The lowest BCUT2D eigenvalue weighted by Gasteiger charge is -2.11. The normalized spacial score (nSPS) is 15.3. The Balaban J connectivity index is 1.90. The van der Waals surface area contributed by atoms with Gasteiger partial charge in [0.2, 0.25) is 0 Å². The van der Waals surface area contributed by atoms with Gasteiger partial charge in [0.05, 0.1) is 16.9 Å². The van der Waals surface area contributed by atoms with Gasteiger partial charge < -0.3 is 14.7 Å². The standard InChI is InChI=1S/C17H13N3O7S2/c1-26-14-7-10(8-15-16(21)19-17(18)28-15)5-6-13(14)27-29(24,25)12-4-2-3-11(9-12)20(22)23/h2-9H,1H3,(H2,18,19,21)/b15-8-. The summed E-state index contributed by atoms with van der Waals surface area (Å²) in [4.78, 5) is 25.4. The molecule has 10 nitrogen and oxygen atoms in total. The molecule has 0 atom stereocenters. The minimum Gasteiger partial charge on any atom is -0.493 e. The van der Waals surface area contributed by atoms with Crippen LogP contribution < -0.4 is 14.7 Å². The van der Waals surface area contributed by atoms with Gasteiger partial charge in [0.25, 0.3) is 11.6 Å². The predicted octanol–water partition coefficient (Wildman–Crippen LogP) is 2.30. The molecule has 0 unspecified atom stereocenters. The molecule has 0 bridgehead atoms. The van der Waals surface area contributed by atoms with Crippen LogP contribution in [0.1, 0.15) is 5.56 Å². The average Bonchev–Trinajstić information content (AvgIpc) is 2.99. The number of hydrogen-bond acceptors (Lipinski definition) is 9. The van der Waals surface area contributed by atoms with E-state index in [2.05, 4.69) is 4.99 Å². The smallest absolute Gasteiger partial charge is 0.339 e. The van der Waals surface area contributed by atoms with Gasteiger partial charge in [-0.1, -0.05) is 12.1 Å². The number of rotatable bonds is 6. The molecule has 3 rings (SSSR count). The van der Waals surface area contributed by atoms with Gasteiger partial charge in [-0.15, -0.1) is 0 Å². The number of nitro benzene ring substituents is 1. The van der Waals surface area contributed by atoms with Crippen LogP contribution in [0.4, 0.5) is 5.69 Å². The van der Waals surface area contributed by atoms with Crippen LogP contribution in [0.3, 0.4) is 0 Å². The molecule has 0 spiro atoms. The van der Waals surface area contributed by atoms with E-state index in [0.29, 0.717) is 10.5 Å². The molecule has 2 aromatic carbocycles. The molecule has 0 fully saturated rings. The minimum absolute atomic E-state index is 0.0812. The van der Waals surface area contributed by atoms with E-state index in [1.165, 1.54) is 49.6 Å². The number of carbonyl (C=O) groups is 1. The van der Waals surface area contributed by atoms with E-state index in [1.54, 1.807) is 0 Å². The first-order valence-corrected chi connectivity index (χ1v) is 10.1. The van der Waals surface area contributed by atoms with Gasteiger partial charge in [-0.05, 0) is 41.6 Å². The lowest BCUT2D eigenvalue weighted by atomic mass is 10.2. The predicted molar refractivity (Wildman–Crippen MR) is 106 cm³/mol. The van der Waals surface area contributed by atoms with Crippen LogP contribution in [0, 0.1) is 10.1 Å². The molecule has 0 aromatic heterocycles. The van der Waals surface area contributed by atoms with E-state index in [-0.39, 0.29) is 27.2 Å². The van der Waals surface area contributed by atoms with Crippen molar-refractivity contribution in [3.8, 4) is 11.5 Å². The van der Waals surface area contributed by atoms with E-state index >= 15 is 0 Å². The van der Waals surface area contributed by atoms with Gasteiger partial charge in [0.15, 0.2) is 16.7 Å². The van der Waals surface area contributed by atoms with Crippen LogP contribution in [0.25, 0.3) is 6.08 Å². The highest BCUT2D eigenvalue weighted by Gasteiger charge is 2.23. The van der Waals surface area contributed by atoms with E-state index in [9.17, 15) is 23.3 Å². The van der Waals surface area contributed by atoms with Gasteiger partial charge >= 0.3 is 10.1 Å². The first kappa shape index (κ1) is 20.4. The number of thioether (sulfide) groups is 1. The summed E-state index contributed by atoms with van der Waals surface area (Å²) in [6, 6.07) is 8.80. The Morgan fingerprint density at radius 1 is 1.21 bits per heavy atom. The molecule has 0 saturated carbocycles. The second-order valence-corrected chi connectivity index (χ2v) is 8.18. The zero-order valence-electron chi connectivity index (χ0n) is 14.8. The maximum atomic E-state index is 12.5. The number of carbonyl (C=O) groups excluding carboxylic acids is 1. The highest BCUT2D eigenvalue weighted by Crippen LogP contribution is 2.33. The number of ether oxygens (including phenoxy) is 1. The minimum atomic E-state index is -4.35. The number of methoxy groups -OCH3 is 1. The van der Waals surface area contributed by atoms with Crippen LogP contribution in [0.15, 0.2) is 57.3 Å². The van der Waals surface area contributed by atoms with E-state index in [4.69, 9.17) is 14.7 Å². The molecule has 1 amide bonds. The molecule has 29 heavy (non-hydrogen) atoms. The zero-order valence-corrected chi connectivity index (χ0v) is 16.4. The van der Waals surface area contributed by atoms with Gasteiger partial charge in [-0.25, -0.2) is 0 Å². The fraction of sp³-hybridized carbons (Fsp3) is 0.0588. The molecule has 0 saturated heterocycles. The Morgan fingerprint density at radius 2 is 1.97 bits per heavy atom. The summed E-state index contributed by atoms with van der Waals surface area (Å²) >= 11 is 1.01. The monoisotopic (exact) mass is 435 g/mol. The highest BCUT2D eigenvalue weighted by molar-refractivity contribution is 8.18. The van der Waals surface area contributed by atoms with Crippen molar-refractivity contribution >= 4 is 44.7 Å². The maximum absolute atomic E-state index is 12.5. The molecular formula is C17H13N3O7S2. The Bertz CT molecular complexity index is 1170. The Labute approximate surface area is 169 Å². The fourth-order valence-corrected chi connectivity index (χ4v) is 4.00. The number of aliphatic imine (C=N–C) groups is 1. The van der Waals surface area contributed by atoms with E-state index < -0.39 is 20.9 Å². The second-order valence-electron chi connectivity index (χ2n) is 5.57. The topological polar surface area (TPSA) is 151 Å². The quantitative estimate of drug-likeness (QED) is 0.312. The summed E-state index contributed by atoms with van der Waals surface area (Å²) in [5.74, 6) is -0.514. The van der Waals surface area contributed by atoms with Crippen LogP contribution >= 0.6 is 11.8 Å². The third kappa shape index (κ3) is 4.55. The van der Waals surface area contributed by atoms with Crippen LogP contribution in [-0.2, 0) is 14.9 Å². The van der Waals surface area contributed by atoms with Crippen LogP contribution in [0.2, 0.25) is 0 Å². The summed E-state index contributed by atoms with van der Waals surface area (Å²) in [5.41, 5.74) is 5.65. The number of benzene rings is 2. The molecule has 1 aliphatic rings. The maximum Gasteiger partial charge on any atom is 0.339 e. The summed E-state index contributed by atoms with van der Waals surface area (Å²) in [6.45, 7) is 0. The third-order valence-corrected chi connectivity index (χ3v) is 5.68. The first-order valence-electron chi connectivity index (χ1n) is 7.84. The number of nitrogens with zero attached hydrogens (tertiary/aromatic N) is 2. The van der Waals surface area contributed by atoms with Crippen molar-refractivity contribution in [3.63, 3.8) is 0 Å². The van der Waals surface area contributed by atoms with Crippen molar-refractivity contribution in [2.75, 3.05) is 7.11 Å². The molecule has 0 radical (unpaired) electrons. The number of amides is 1. The summed E-state index contributed by atoms with van der Waals surface area (Å²) < 4.78 is 35.3. The van der Waals surface area contributed by atoms with Crippen molar-refractivity contribution in [1.82, 2.24) is 0 Å². The number of amidine groups is 1. The third-order valence-electron chi connectivity index (χ3n) is 3.64. The largest absolute Gasteiger partial charge is 0.493 e. The molecule has 2 aromatic rings. The summed E-state index contributed by atoms with van der Waals surface area (Å²) in [6.07, 6.45) is 1.53. The molecular weight excluding hydrogens is 422 g/mol. The van der Waals surface area contributed by atoms with Crippen molar-refractivity contribution in [2.24, 2.45) is 10.7 Å². The molecule has 1 aliphatic heterocycles. The SMILES string of the molecule is COc1cc(/C=C2\SC(N)=NC2=O)ccc1OS(=O)(=O)c1cccc([N+](=O)[O-])c1. The van der Waals surface area contributed by atoms with Crippen molar-refractivity contribution in [3.05, 3.63) is 63.0 Å². The fourth-order valence-electron chi connectivity index (χ4n) is 2.34. The molecule has 0 aliphatic carbocycles. The van der Waals surface area contributed by atoms with Gasteiger partial charge in [-0.3, -0.25) is 14.9 Å². The van der Waals surface area contributed by atoms with Gasteiger partial charge in [0, 0.05) is 12.1 Å². The Kier molecular flexibility index (Phi) is 5.57. The van der Waals surface area contributed by atoms with Crippen LogP contribution in [0.5, 0.6) is 11.5 Å². The lowest BCUT2D eigenvalue weighted by molar-refractivity contribution is -0.385. The van der Waals surface area contributed by atoms with Crippen molar-refractivity contribution < 1.29 is 27.1 Å². The van der Waals surface area contributed by atoms with E-state index in [1.807, 2.05) is 0 Å². The van der Waals surface area contributed by atoms with Crippen molar-refractivity contribution in [1.29, 1.82) is 0 Å². The molecule has 150 valence electrons. The first-order chi connectivity index (χ1) is 13.7.